The Labute approximate surface area is 140 Å². The van der Waals surface area contributed by atoms with Gasteiger partial charge in [0.05, 0.1) is 0 Å². The van der Waals surface area contributed by atoms with Crippen molar-refractivity contribution in [1.82, 2.24) is 0 Å². The Kier molecular flexibility index (Phi) is 6.14. The first-order valence-corrected chi connectivity index (χ1v) is 5.81. The lowest BCUT2D eigenvalue weighted by Gasteiger charge is -2.40. The molecule has 0 rings (SSSR count). The molecule has 0 nitrogen and oxygen atoms in total. The molecule has 1 unspecified atom stereocenters. The molecule has 0 saturated carbocycles. The molecule has 0 N–H and O–H groups in total. The highest BCUT2D eigenvalue weighted by Crippen LogP contribution is 2.60. The van der Waals surface area contributed by atoms with Crippen LogP contribution >= 0.6 is 0 Å². The predicted molar refractivity (Wildman–Crippen MR) is 50.9 cm³/mol. The number of halogens is 18. The van der Waals surface area contributed by atoms with Crippen molar-refractivity contribution in [2.45, 2.75) is 47.9 Å². The van der Waals surface area contributed by atoms with Crippen molar-refractivity contribution < 1.29 is 79.0 Å². The summed E-state index contributed by atoms with van der Waals surface area (Å²) in [5.74, 6) is -31.2. The van der Waals surface area contributed by atoms with Gasteiger partial charge in [-0.25, -0.2) is 4.39 Å². The quantitative estimate of drug-likeness (QED) is 0.323. The van der Waals surface area contributed by atoms with Crippen molar-refractivity contribution in [2.75, 3.05) is 0 Å². The van der Waals surface area contributed by atoms with E-state index >= 15 is 0 Å². The van der Waals surface area contributed by atoms with Crippen LogP contribution in [-0.2, 0) is 0 Å². The van der Waals surface area contributed by atoms with Gasteiger partial charge < -0.3 is 0 Å². The number of alkyl halides is 18. The smallest absolute Gasteiger partial charge is 0.222 e. The SMILES string of the molecule is FC(F)(F)C(F)(F)C=CC(F)(C(F)(F)F)C(F)(F)C(F)(F)C(F)(F)C(F)(F)F. The summed E-state index contributed by atoms with van der Waals surface area (Å²) in [4.78, 5) is 0. The zero-order valence-corrected chi connectivity index (χ0v) is 12.0. The Bertz CT molecular complexity index is 585. The largest absolute Gasteiger partial charge is 0.460 e. The fourth-order valence-electron chi connectivity index (χ4n) is 1.29. The van der Waals surface area contributed by atoms with Crippen LogP contribution in [0.1, 0.15) is 0 Å². The summed E-state index contributed by atoms with van der Waals surface area (Å²) in [6.07, 6.45) is -27.2. The second-order valence-corrected chi connectivity index (χ2v) is 4.88. The summed E-state index contributed by atoms with van der Waals surface area (Å²) in [6.45, 7) is 0. The van der Waals surface area contributed by atoms with Gasteiger partial charge in [-0.15, -0.1) is 0 Å². The van der Waals surface area contributed by atoms with Crippen molar-refractivity contribution in [1.29, 1.82) is 0 Å². The highest BCUT2D eigenvalue weighted by molar-refractivity contribution is 5.22. The average Bonchev–Trinajstić information content (AvgIpc) is 2.40. The van der Waals surface area contributed by atoms with Crippen molar-refractivity contribution in [3.8, 4) is 0 Å². The van der Waals surface area contributed by atoms with Gasteiger partial charge >= 0.3 is 42.2 Å². The van der Waals surface area contributed by atoms with Crippen LogP contribution in [0, 0.1) is 0 Å². The second kappa shape index (κ2) is 6.50. The van der Waals surface area contributed by atoms with Crippen LogP contribution in [0.5, 0.6) is 0 Å². The van der Waals surface area contributed by atoms with Gasteiger partial charge in [-0.1, -0.05) is 0 Å². The molecule has 0 aliphatic rings. The normalized spacial score (nSPS) is 18.5. The standard InChI is InChI=1S/C10H2F18/c11-3(8(20,21)22,1-2-4(12,13)9(23,24)25)5(14,15)6(16,17)7(18,19)10(26,27)28/h1-2H. The van der Waals surface area contributed by atoms with Gasteiger partial charge in [0.1, 0.15) is 0 Å². The molecule has 0 bridgehead atoms. The zero-order chi connectivity index (χ0) is 23.4. The molecule has 0 aromatic heterocycles. The summed E-state index contributed by atoms with van der Waals surface area (Å²) < 4.78 is 224. The van der Waals surface area contributed by atoms with E-state index in [1.807, 2.05) is 0 Å². The first-order chi connectivity index (χ1) is 11.7. The molecule has 28 heavy (non-hydrogen) atoms. The maximum atomic E-state index is 13.6. The maximum absolute atomic E-state index is 13.6. The number of hydrogen-bond acceptors (Lipinski definition) is 0. The highest BCUT2D eigenvalue weighted by Gasteiger charge is 2.89. The highest BCUT2D eigenvalue weighted by atomic mass is 19.4. The Morgan fingerprint density at radius 3 is 0.929 bits per heavy atom. The lowest BCUT2D eigenvalue weighted by Crippen LogP contribution is -2.70. The molecule has 0 radical (unpaired) electrons. The minimum atomic E-state index is -8.29. The number of allylic oxidation sites excluding steroid dienone is 2. The average molecular weight is 464 g/mol. The molecule has 0 heterocycles. The molecular formula is C10H2F18. The molecule has 0 saturated heterocycles. The summed E-state index contributed by atoms with van der Waals surface area (Å²) in [7, 11) is 0. The minimum absolute atomic E-state index is 2.38. The van der Waals surface area contributed by atoms with Crippen LogP contribution in [0.2, 0.25) is 0 Å². The van der Waals surface area contributed by atoms with Gasteiger partial charge in [-0.2, -0.15) is 74.6 Å². The van der Waals surface area contributed by atoms with E-state index in [1.165, 1.54) is 0 Å². The topological polar surface area (TPSA) is 0 Å². The van der Waals surface area contributed by atoms with E-state index in [-0.39, 0.29) is 0 Å². The monoisotopic (exact) mass is 464 g/mol. The van der Waals surface area contributed by atoms with E-state index in [0.717, 1.165) is 0 Å². The van der Waals surface area contributed by atoms with E-state index in [2.05, 4.69) is 0 Å². The van der Waals surface area contributed by atoms with Crippen LogP contribution in [0.25, 0.3) is 0 Å². The summed E-state index contributed by atoms with van der Waals surface area (Å²) in [5, 5.41) is 0. The zero-order valence-electron chi connectivity index (χ0n) is 12.0. The maximum Gasteiger partial charge on any atom is 0.460 e. The van der Waals surface area contributed by atoms with E-state index in [1.54, 1.807) is 0 Å². The Morgan fingerprint density at radius 1 is 0.321 bits per heavy atom. The van der Waals surface area contributed by atoms with Crippen molar-refractivity contribution in [2.24, 2.45) is 0 Å². The van der Waals surface area contributed by atoms with Gasteiger partial charge in [-0.3, -0.25) is 0 Å². The molecule has 0 amide bonds. The first kappa shape index (κ1) is 26.5. The molecule has 168 valence electrons. The third kappa shape index (κ3) is 3.81. The van der Waals surface area contributed by atoms with Crippen LogP contribution in [0.15, 0.2) is 12.2 Å². The second-order valence-electron chi connectivity index (χ2n) is 4.88. The van der Waals surface area contributed by atoms with Gasteiger partial charge in [0.25, 0.3) is 5.67 Å². The molecule has 18 heteroatoms. The lowest BCUT2D eigenvalue weighted by atomic mass is 9.87. The molecule has 1 atom stereocenters. The predicted octanol–water partition coefficient (Wildman–Crippen LogP) is 6.48. The Hall–Kier alpha value is -1.52. The van der Waals surface area contributed by atoms with Crippen LogP contribution < -0.4 is 0 Å². The molecule has 0 aliphatic carbocycles. The molecular weight excluding hydrogens is 462 g/mol. The van der Waals surface area contributed by atoms with Gasteiger partial charge in [0.15, 0.2) is 0 Å². The third-order valence-electron chi connectivity index (χ3n) is 2.91. The first-order valence-electron chi connectivity index (χ1n) is 5.81. The number of rotatable bonds is 5. The van der Waals surface area contributed by atoms with Crippen LogP contribution in [0.4, 0.5) is 79.0 Å². The van der Waals surface area contributed by atoms with Gasteiger partial charge in [0, 0.05) is 0 Å². The van der Waals surface area contributed by atoms with Gasteiger partial charge in [-0.05, 0) is 12.2 Å². The third-order valence-corrected chi connectivity index (χ3v) is 2.91. The van der Waals surface area contributed by atoms with Crippen molar-refractivity contribution in [3.05, 3.63) is 12.2 Å². The number of hydrogen-bond donors (Lipinski definition) is 0. The van der Waals surface area contributed by atoms with Crippen LogP contribution in [-0.4, -0.2) is 47.9 Å². The Morgan fingerprint density at radius 2 is 0.679 bits per heavy atom. The Balaban J connectivity index is 6.75. The molecule has 0 fully saturated rings. The van der Waals surface area contributed by atoms with E-state index in [0.29, 0.717) is 0 Å². The van der Waals surface area contributed by atoms with Crippen molar-refractivity contribution >= 4 is 0 Å². The summed E-state index contributed by atoms with van der Waals surface area (Å²) >= 11 is 0. The minimum Gasteiger partial charge on any atom is -0.222 e. The van der Waals surface area contributed by atoms with Crippen LogP contribution in [0.3, 0.4) is 0 Å². The molecule has 0 aromatic carbocycles. The molecule has 0 aromatic rings. The van der Waals surface area contributed by atoms with Crippen molar-refractivity contribution in [3.63, 3.8) is 0 Å². The lowest BCUT2D eigenvalue weighted by molar-refractivity contribution is -0.425. The van der Waals surface area contributed by atoms with E-state index in [9.17, 15) is 79.0 Å². The van der Waals surface area contributed by atoms with E-state index < -0.39 is 60.0 Å². The molecule has 0 spiro atoms. The fourth-order valence-corrected chi connectivity index (χ4v) is 1.29. The summed E-state index contributed by atoms with van der Waals surface area (Å²) in [6, 6.07) is 0. The van der Waals surface area contributed by atoms with E-state index in [4.69, 9.17) is 0 Å². The summed E-state index contributed by atoms with van der Waals surface area (Å²) in [5.41, 5.74) is -7.51. The van der Waals surface area contributed by atoms with Gasteiger partial charge in [0.2, 0.25) is 0 Å². The fraction of sp³-hybridized carbons (Fsp3) is 0.800. The molecule has 0 aliphatic heterocycles.